The van der Waals surface area contributed by atoms with Crippen LogP contribution in [0.15, 0.2) is 47.9 Å². The van der Waals surface area contributed by atoms with Gasteiger partial charge < -0.3 is 5.32 Å². The summed E-state index contributed by atoms with van der Waals surface area (Å²) in [6.07, 6.45) is 9.04. The maximum atomic E-state index is 12.8. The van der Waals surface area contributed by atoms with Crippen LogP contribution in [-0.4, -0.2) is 31.9 Å². The molecule has 0 aliphatic heterocycles. The van der Waals surface area contributed by atoms with Crippen molar-refractivity contribution in [3.05, 3.63) is 59.7 Å². The highest BCUT2D eigenvalue weighted by atomic mass is 32.2. The number of carbonyl (C=O) groups excluding carboxylic acids is 1. The highest BCUT2D eigenvalue weighted by molar-refractivity contribution is 7.98. The first-order chi connectivity index (χ1) is 13.2. The molecule has 1 aliphatic carbocycles. The number of aromatic nitrogens is 4. The summed E-state index contributed by atoms with van der Waals surface area (Å²) in [5.41, 5.74) is 2.10. The number of anilines is 1. The van der Waals surface area contributed by atoms with E-state index in [1.54, 1.807) is 41.5 Å². The predicted molar refractivity (Wildman–Crippen MR) is 102 cm³/mol. The number of hydrogen-bond donors (Lipinski definition) is 1. The van der Waals surface area contributed by atoms with Crippen LogP contribution in [-0.2, 0) is 0 Å². The number of carbonyl (C=O) groups is 1. The summed E-state index contributed by atoms with van der Waals surface area (Å²) in [6, 6.07) is 9.21. The maximum absolute atomic E-state index is 12.8. The van der Waals surface area contributed by atoms with Crippen LogP contribution < -0.4 is 5.32 Å². The second kappa shape index (κ2) is 7.21. The molecule has 0 spiro atoms. The molecule has 8 heteroatoms. The Morgan fingerprint density at radius 2 is 2.26 bits per heavy atom. The Bertz CT molecular complexity index is 1020. The summed E-state index contributed by atoms with van der Waals surface area (Å²) in [4.78, 5) is 21.7. The van der Waals surface area contributed by atoms with Crippen molar-refractivity contribution in [3.63, 3.8) is 0 Å². The molecule has 7 nitrogen and oxygen atoms in total. The maximum Gasteiger partial charge on any atom is 0.257 e. The van der Waals surface area contributed by atoms with E-state index in [1.807, 2.05) is 12.3 Å². The van der Waals surface area contributed by atoms with Crippen LogP contribution >= 0.6 is 11.8 Å². The van der Waals surface area contributed by atoms with Crippen LogP contribution in [0.1, 0.15) is 40.4 Å². The van der Waals surface area contributed by atoms with E-state index in [0.717, 1.165) is 18.5 Å². The molecule has 3 aromatic rings. The molecule has 1 aliphatic rings. The van der Waals surface area contributed by atoms with Crippen LogP contribution in [0.5, 0.6) is 0 Å². The number of amides is 1. The molecule has 0 aromatic carbocycles. The van der Waals surface area contributed by atoms with Gasteiger partial charge in [0.05, 0.1) is 23.0 Å². The van der Waals surface area contributed by atoms with Gasteiger partial charge in [-0.2, -0.15) is 10.4 Å². The summed E-state index contributed by atoms with van der Waals surface area (Å²) < 4.78 is 1.63. The van der Waals surface area contributed by atoms with Gasteiger partial charge in [0, 0.05) is 24.0 Å². The second-order valence-corrected chi connectivity index (χ2v) is 6.97. The molecule has 0 unspecified atom stereocenters. The summed E-state index contributed by atoms with van der Waals surface area (Å²) >= 11 is 1.38. The molecule has 0 atom stereocenters. The predicted octanol–water partition coefficient (Wildman–Crippen LogP) is 3.39. The van der Waals surface area contributed by atoms with Crippen LogP contribution in [0.25, 0.3) is 5.82 Å². The largest absolute Gasteiger partial charge is 0.321 e. The van der Waals surface area contributed by atoms with Gasteiger partial charge in [-0.3, -0.25) is 4.79 Å². The Labute approximate surface area is 160 Å². The van der Waals surface area contributed by atoms with E-state index >= 15 is 0 Å². The van der Waals surface area contributed by atoms with Crippen molar-refractivity contribution in [1.29, 1.82) is 5.26 Å². The Kier molecular flexibility index (Phi) is 4.60. The molecule has 4 rings (SSSR count). The van der Waals surface area contributed by atoms with Crippen molar-refractivity contribution in [2.45, 2.75) is 23.8 Å². The van der Waals surface area contributed by atoms with Crippen LogP contribution in [0.2, 0.25) is 0 Å². The highest BCUT2D eigenvalue weighted by Crippen LogP contribution is 2.40. The average Bonchev–Trinajstić information content (AvgIpc) is 3.41. The number of rotatable bonds is 5. The van der Waals surface area contributed by atoms with Gasteiger partial charge in [0.2, 0.25) is 0 Å². The zero-order valence-corrected chi connectivity index (χ0v) is 15.4. The normalized spacial score (nSPS) is 13.2. The Balaban J connectivity index is 1.61. The van der Waals surface area contributed by atoms with Crippen molar-refractivity contribution in [2.75, 3.05) is 11.6 Å². The lowest BCUT2D eigenvalue weighted by Gasteiger charge is -2.11. The van der Waals surface area contributed by atoms with Crippen LogP contribution in [0.4, 0.5) is 5.69 Å². The van der Waals surface area contributed by atoms with E-state index in [0.29, 0.717) is 33.6 Å². The molecule has 1 N–H and O–H groups in total. The van der Waals surface area contributed by atoms with E-state index in [4.69, 9.17) is 0 Å². The second-order valence-electron chi connectivity index (χ2n) is 6.17. The van der Waals surface area contributed by atoms with E-state index in [-0.39, 0.29) is 5.91 Å². The van der Waals surface area contributed by atoms with Gasteiger partial charge in [0.15, 0.2) is 5.82 Å². The van der Waals surface area contributed by atoms with E-state index < -0.39 is 0 Å². The van der Waals surface area contributed by atoms with Crippen molar-refractivity contribution in [1.82, 2.24) is 19.7 Å². The molecule has 0 saturated heterocycles. The molecule has 0 bridgehead atoms. The smallest absolute Gasteiger partial charge is 0.257 e. The molecular weight excluding hydrogens is 360 g/mol. The molecule has 27 heavy (non-hydrogen) atoms. The minimum absolute atomic E-state index is 0.311. The number of nitriles is 1. The highest BCUT2D eigenvalue weighted by Gasteiger charge is 2.28. The standard InChI is InChI=1S/C19H16N6OS/c1-27-19-15(10-20)14(9-16(24-19)12-3-4-12)18(26)23-13-5-6-17(21-11-13)25-8-2-7-22-25/h2,5-9,11-12H,3-4H2,1H3,(H,23,26). The van der Waals surface area contributed by atoms with Crippen molar-refractivity contribution < 1.29 is 4.79 Å². The third-order valence-corrected chi connectivity index (χ3v) is 4.98. The Morgan fingerprint density at radius 1 is 1.41 bits per heavy atom. The van der Waals surface area contributed by atoms with Gasteiger partial charge in [0.25, 0.3) is 5.91 Å². The topological polar surface area (TPSA) is 96.5 Å². The number of thioether (sulfide) groups is 1. The van der Waals surface area contributed by atoms with E-state index in [1.165, 1.54) is 11.8 Å². The van der Waals surface area contributed by atoms with Crippen molar-refractivity contribution in [3.8, 4) is 11.9 Å². The first kappa shape index (κ1) is 17.2. The lowest BCUT2D eigenvalue weighted by atomic mass is 10.1. The summed E-state index contributed by atoms with van der Waals surface area (Å²) in [7, 11) is 0. The van der Waals surface area contributed by atoms with Gasteiger partial charge >= 0.3 is 0 Å². The van der Waals surface area contributed by atoms with Gasteiger partial charge in [-0.25, -0.2) is 14.6 Å². The molecular formula is C19H16N6OS. The number of hydrogen-bond acceptors (Lipinski definition) is 6. The summed E-state index contributed by atoms with van der Waals surface area (Å²) in [5, 5.41) is 17.1. The van der Waals surface area contributed by atoms with E-state index in [2.05, 4.69) is 26.5 Å². The molecule has 3 heterocycles. The number of nitrogens with one attached hydrogen (secondary N) is 1. The minimum Gasteiger partial charge on any atom is -0.321 e. The fourth-order valence-electron chi connectivity index (χ4n) is 2.76. The number of nitrogens with zero attached hydrogens (tertiary/aromatic N) is 5. The number of pyridine rings is 2. The summed E-state index contributed by atoms with van der Waals surface area (Å²) in [5.74, 6) is 0.713. The van der Waals surface area contributed by atoms with Gasteiger partial charge in [-0.05, 0) is 43.4 Å². The minimum atomic E-state index is -0.334. The third-order valence-electron chi connectivity index (χ3n) is 4.30. The quantitative estimate of drug-likeness (QED) is 0.686. The molecule has 0 radical (unpaired) electrons. The Morgan fingerprint density at radius 3 is 2.85 bits per heavy atom. The lowest BCUT2D eigenvalue weighted by Crippen LogP contribution is -2.15. The zero-order valence-electron chi connectivity index (χ0n) is 14.6. The average molecular weight is 376 g/mol. The van der Waals surface area contributed by atoms with Crippen LogP contribution in [0, 0.1) is 11.3 Å². The fraction of sp³-hybridized carbons (Fsp3) is 0.211. The third kappa shape index (κ3) is 3.55. The monoisotopic (exact) mass is 376 g/mol. The lowest BCUT2D eigenvalue weighted by molar-refractivity contribution is 0.102. The van der Waals surface area contributed by atoms with Crippen molar-refractivity contribution in [2.24, 2.45) is 0 Å². The zero-order chi connectivity index (χ0) is 18.8. The fourth-order valence-corrected chi connectivity index (χ4v) is 3.32. The first-order valence-electron chi connectivity index (χ1n) is 8.46. The van der Waals surface area contributed by atoms with Crippen molar-refractivity contribution >= 4 is 23.4 Å². The molecule has 1 amide bonds. The molecule has 1 saturated carbocycles. The molecule has 134 valence electrons. The molecule has 1 fully saturated rings. The van der Waals surface area contributed by atoms with Gasteiger partial charge in [-0.15, -0.1) is 11.8 Å². The first-order valence-corrected chi connectivity index (χ1v) is 9.68. The van der Waals surface area contributed by atoms with E-state index in [9.17, 15) is 10.1 Å². The van der Waals surface area contributed by atoms with Crippen LogP contribution in [0.3, 0.4) is 0 Å². The SMILES string of the molecule is CSc1nc(C2CC2)cc(C(=O)Nc2ccc(-n3cccn3)nc2)c1C#N. The molecule has 3 aromatic heterocycles. The summed E-state index contributed by atoms with van der Waals surface area (Å²) in [6.45, 7) is 0. The Hall–Kier alpha value is -3.18. The van der Waals surface area contributed by atoms with Gasteiger partial charge in [-0.1, -0.05) is 0 Å². The van der Waals surface area contributed by atoms with Gasteiger partial charge in [0.1, 0.15) is 11.1 Å².